The summed E-state index contributed by atoms with van der Waals surface area (Å²) in [4.78, 5) is 18.8. The normalized spacial score (nSPS) is 17.4. The number of amides is 1. The van der Waals surface area contributed by atoms with E-state index >= 15 is 0 Å². The first-order valence-corrected chi connectivity index (χ1v) is 9.54. The number of hydrogen-bond acceptors (Lipinski definition) is 5. The molecule has 1 aliphatic rings. The zero-order valence-corrected chi connectivity index (χ0v) is 14.9. The van der Waals surface area contributed by atoms with E-state index in [4.69, 9.17) is 4.52 Å². The van der Waals surface area contributed by atoms with Crippen LogP contribution >= 0.6 is 11.3 Å². The topological polar surface area (TPSA) is 59.2 Å². The molecule has 0 bridgehead atoms. The third kappa shape index (κ3) is 3.53. The summed E-state index contributed by atoms with van der Waals surface area (Å²) < 4.78 is 19.3. The van der Waals surface area contributed by atoms with E-state index in [1.165, 1.54) is 12.1 Å². The Morgan fingerprint density at radius 3 is 3.04 bits per heavy atom. The first kappa shape index (κ1) is 16.9. The van der Waals surface area contributed by atoms with E-state index in [2.05, 4.69) is 10.1 Å². The van der Waals surface area contributed by atoms with Gasteiger partial charge in [0.25, 0.3) is 5.91 Å². The number of piperidine rings is 1. The van der Waals surface area contributed by atoms with Crippen LogP contribution in [-0.4, -0.2) is 34.0 Å². The van der Waals surface area contributed by atoms with Gasteiger partial charge in [0.15, 0.2) is 0 Å². The van der Waals surface area contributed by atoms with E-state index in [1.807, 2.05) is 16.8 Å². The van der Waals surface area contributed by atoms with E-state index in [0.29, 0.717) is 31.2 Å². The van der Waals surface area contributed by atoms with E-state index in [9.17, 15) is 9.18 Å². The monoisotopic (exact) mass is 371 g/mol. The van der Waals surface area contributed by atoms with Gasteiger partial charge in [-0.2, -0.15) is 16.3 Å². The number of benzene rings is 1. The number of thiophene rings is 1. The SMILES string of the molecule is O=C(c1ccccc1F)N1CCCC(Cc2nc(-c3ccsc3)no2)C1. The van der Waals surface area contributed by atoms with Crippen LogP contribution in [0.2, 0.25) is 0 Å². The van der Waals surface area contributed by atoms with Crippen molar-refractivity contribution in [3.8, 4) is 11.4 Å². The molecule has 26 heavy (non-hydrogen) atoms. The second-order valence-corrected chi connectivity index (χ2v) is 7.25. The van der Waals surface area contributed by atoms with Crippen LogP contribution in [0.25, 0.3) is 11.4 Å². The van der Waals surface area contributed by atoms with Gasteiger partial charge in [0.05, 0.1) is 5.56 Å². The predicted octanol–water partition coefficient (Wildman–Crippen LogP) is 4.03. The Bertz CT molecular complexity index is 894. The standard InChI is InChI=1S/C19H18FN3O2S/c20-16-6-2-1-5-15(16)19(24)23-8-3-4-13(11-23)10-17-21-18(22-25-17)14-7-9-26-12-14/h1-2,5-7,9,12-13H,3-4,8,10-11H2. The highest BCUT2D eigenvalue weighted by Gasteiger charge is 2.27. The lowest BCUT2D eigenvalue weighted by Gasteiger charge is -2.32. The van der Waals surface area contributed by atoms with Gasteiger partial charge in [0.1, 0.15) is 5.82 Å². The minimum atomic E-state index is -0.475. The van der Waals surface area contributed by atoms with Crippen LogP contribution in [0.5, 0.6) is 0 Å². The largest absolute Gasteiger partial charge is 0.339 e. The molecule has 134 valence electrons. The van der Waals surface area contributed by atoms with Crippen molar-refractivity contribution in [2.75, 3.05) is 13.1 Å². The van der Waals surface area contributed by atoms with Crippen molar-refractivity contribution in [1.82, 2.24) is 15.0 Å². The first-order chi connectivity index (χ1) is 12.7. The first-order valence-electron chi connectivity index (χ1n) is 8.59. The van der Waals surface area contributed by atoms with Crippen LogP contribution in [0.3, 0.4) is 0 Å². The molecule has 0 aliphatic carbocycles. The van der Waals surface area contributed by atoms with E-state index in [-0.39, 0.29) is 17.4 Å². The molecule has 1 aromatic carbocycles. The molecule has 3 heterocycles. The zero-order chi connectivity index (χ0) is 17.9. The summed E-state index contributed by atoms with van der Waals surface area (Å²) >= 11 is 1.59. The highest BCUT2D eigenvalue weighted by atomic mass is 32.1. The molecule has 1 fully saturated rings. The van der Waals surface area contributed by atoms with Gasteiger partial charge < -0.3 is 9.42 Å². The van der Waals surface area contributed by atoms with Gasteiger partial charge in [-0.05, 0) is 42.3 Å². The number of nitrogens with zero attached hydrogens (tertiary/aromatic N) is 3. The molecule has 5 nitrogen and oxygen atoms in total. The molecule has 1 atom stereocenters. The second-order valence-electron chi connectivity index (χ2n) is 6.47. The average molecular weight is 371 g/mol. The Morgan fingerprint density at radius 2 is 2.23 bits per heavy atom. The summed E-state index contributed by atoms with van der Waals surface area (Å²) in [6, 6.07) is 8.08. The summed E-state index contributed by atoms with van der Waals surface area (Å²) in [5.74, 6) is 0.678. The molecular formula is C19H18FN3O2S. The lowest BCUT2D eigenvalue weighted by atomic mass is 9.94. The summed E-state index contributed by atoms with van der Waals surface area (Å²) in [5, 5.41) is 7.98. The number of carbonyl (C=O) groups is 1. The van der Waals surface area contributed by atoms with Crippen LogP contribution in [0, 0.1) is 11.7 Å². The highest BCUT2D eigenvalue weighted by Crippen LogP contribution is 2.24. The summed E-state index contributed by atoms with van der Waals surface area (Å²) in [7, 11) is 0. The van der Waals surface area contributed by atoms with E-state index < -0.39 is 5.82 Å². The zero-order valence-electron chi connectivity index (χ0n) is 14.1. The Morgan fingerprint density at radius 1 is 1.35 bits per heavy atom. The molecule has 1 saturated heterocycles. The molecular weight excluding hydrogens is 353 g/mol. The molecule has 4 rings (SSSR count). The summed E-state index contributed by atoms with van der Waals surface area (Å²) in [5.41, 5.74) is 1.08. The molecule has 7 heteroatoms. The Hall–Kier alpha value is -2.54. The third-order valence-corrected chi connectivity index (χ3v) is 5.30. The fourth-order valence-electron chi connectivity index (χ4n) is 3.31. The number of halogens is 1. The van der Waals surface area contributed by atoms with Crippen LogP contribution in [0.1, 0.15) is 29.1 Å². The molecule has 2 aromatic heterocycles. The van der Waals surface area contributed by atoms with Gasteiger partial charge in [0.2, 0.25) is 11.7 Å². The maximum Gasteiger partial charge on any atom is 0.256 e. The average Bonchev–Trinajstić information content (AvgIpc) is 3.33. The Labute approximate surface area is 154 Å². The van der Waals surface area contributed by atoms with Crippen LogP contribution in [0.4, 0.5) is 4.39 Å². The maximum atomic E-state index is 13.9. The van der Waals surface area contributed by atoms with Crippen molar-refractivity contribution in [3.05, 3.63) is 58.4 Å². The van der Waals surface area contributed by atoms with Gasteiger partial charge >= 0.3 is 0 Å². The van der Waals surface area contributed by atoms with E-state index in [0.717, 1.165) is 18.4 Å². The predicted molar refractivity (Wildman–Crippen MR) is 96.3 cm³/mol. The molecule has 0 N–H and O–H groups in total. The van der Waals surface area contributed by atoms with Crippen molar-refractivity contribution < 1.29 is 13.7 Å². The molecule has 1 unspecified atom stereocenters. The lowest BCUT2D eigenvalue weighted by molar-refractivity contribution is 0.0663. The van der Waals surface area contributed by atoms with Crippen LogP contribution in [0.15, 0.2) is 45.6 Å². The van der Waals surface area contributed by atoms with Gasteiger partial charge in [-0.15, -0.1) is 0 Å². The van der Waals surface area contributed by atoms with Gasteiger partial charge in [0, 0.05) is 30.5 Å². The fraction of sp³-hybridized carbons (Fsp3) is 0.316. The smallest absolute Gasteiger partial charge is 0.256 e. The van der Waals surface area contributed by atoms with Crippen molar-refractivity contribution in [2.24, 2.45) is 5.92 Å². The van der Waals surface area contributed by atoms with Crippen LogP contribution in [-0.2, 0) is 6.42 Å². The molecule has 0 saturated carbocycles. The quantitative estimate of drug-likeness (QED) is 0.695. The molecule has 1 amide bonds. The number of likely N-dealkylation sites (tertiary alicyclic amines) is 1. The highest BCUT2D eigenvalue weighted by molar-refractivity contribution is 7.08. The lowest BCUT2D eigenvalue weighted by Crippen LogP contribution is -2.40. The maximum absolute atomic E-state index is 13.9. The number of aromatic nitrogens is 2. The van der Waals surface area contributed by atoms with Crippen molar-refractivity contribution in [3.63, 3.8) is 0 Å². The van der Waals surface area contributed by atoms with Gasteiger partial charge in [-0.3, -0.25) is 4.79 Å². The Balaban J connectivity index is 1.42. The summed E-state index contributed by atoms with van der Waals surface area (Å²) in [6.45, 7) is 1.22. The molecule has 0 radical (unpaired) electrons. The van der Waals surface area contributed by atoms with Crippen molar-refractivity contribution >= 4 is 17.2 Å². The van der Waals surface area contributed by atoms with Crippen molar-refractivity contribution in [2.45, 2.75) is 19.3 Å². The minimum Gasteiger partial charge on any atom is -0.339 e. The van der Waals surface area contributed by atoms with Gasteiger partial charge in [-0.25, -0.2) is 4.39 Å². The van der Waals surface area contributed by atoms with E-state index in [1.54, 1.807) is 28.4 Å². The number of carbonyl (C=O) groups excluding carboxylic acids is 1. The summed E-state index contributed by atoms with van der Waals surface area (Å²) in [6.07, 6.45) is 2.49. The number of hydrogen-bond donors (Lipinski definition) is 0. The second kappa shape index (κ2) is 7.37. The third-order valence-electron chi connectivity index (χ3n) is 4.62. The fourth-order valence-corrected chi connectivity index (χ4v) is 3.95. The molecule has 3 aromatic rings. The molecule has 1 aliphatic heterocycles. The van der Waals surface area contributed by atoms with Crippen molar-refractivity contribution in [1.29, 1.82) is 0 Å². The Kier molecular flexibility index (Phi) is 4.79. The number of rotatable bonds is 4. The minimum absolute atomic E-state index is 0.130. The van der Waals surface area contributed by atoms with Crippen LogP contribution < -0.4 is 0 Å². The van der Waals surface area contributed by atoms with Gasteiger partial charge in [-0.1, -0.05) is 17.3 Å². The molecule has 0 spiro atoms.